The fourth-order valence-corrected chi connectivity index (χ4v) is 1.75. The average molecular weight is 289 g/mol. The van der Waals surface area contributed by atoms with Crippen LogP contribution >= 0.6 is 0 Å². The molecule has 21 heavy (non-hydrogen) atoms. The Morgan fingerprint density at radius 2 is 2.10 bits per heavy atom. The Bertz CT molecular complexity index is 491. The van der Waals surface area contributed by atoms with Crippen LogP contribution in [0.25, 0.3) is 0 Å². The molecule has 1 aromatic carbocycles. The molecule has 0 aromatic heterocycles. The fourth-order valence-electron chi connectivity index (χ4n) is 1.75. The number of nitrogens with zero attached hydrogens (tertiary/aromatic N) is 2. The first kappa shape index (κ1) is 17.1. The van der Waals surface area contributed by atoms with Gasteiger partial charge in [0.15, 0.2) is 0 Å². The van der Waals surface area contributed by atoms with Gasteiger partial charge in [-0.15, -0.1) is 0 Å². The van der Waals surface area contributed by atoms with Crippen LogP contribution in [0, 0.1) is 5.82 Å². The number of nitrogens with one attached hydrogen (secondary N) is 1. The van der Waals surface area contributed by atoms with E-state index in [1.54, 1.807) is 24.5 Å². The van der Waals surface area contributed by atoms with Gasteiger partial charge in [-0.25, -0.2) is 9.38 Å². The van der Waals surface area contributed by atoms with Gasteiger partial charge in [0, 0.05) is 18.8 Å². The van der Waals surface area contributed by atoms with E-state index in [9.17, 15) is 4.39 Å². The highest BCUT2D eigenvalue weighted by atomic mass is 19.1. The van der Waals surface area contributed by atoms with Crippen molar-refractivity contribution < 1.29 is 4.39 Å². The molecule has 3 nitrogen and oxygen atoms in total. The first-order valence-electron chi connectivity index (χ1n) is 7.11. The monoisotopic (exact) mass is 289 g/mol. The van der Waals surface area contributed by atoms with Crippen molar-refractivity contribution in [3.63, 3.8) is 0 Å². The molecule has 1 unspecified atom stereocenters. The zero-order valence-electron chi connectivity index (χ0n) is 13.0. The normalized spacial score (nSPS) is 13.4. The molecule has 0 radical (unpaired) electrons. The van der Waals surface area contributed by atoms with Crippen molar-refractivity contribution in [2.45, 2.75) is 26.3 Å². The quantitative estimate of drug-likeness (QED) is 0.340. The number of halogens is 1. The van der Waals surface area contributed by atoms with Crippen LogP contribution in [0.2, 0.25) is 0 Å². The molecule has 0 saturated carbocycles. The predicted octanol–water partition coefficient (Wildman–Crippen LogP) is 3.87. The highest BCUT2D eigenvalue weighted by Crippen LogP contribution is 2.12. The molecule has 0 aliphatic rings. The van der Waals surface area contributed by atoms with Crippen molar-refractivity contribution in [2.24, 2.45) is 4.99 Å². The van der Waals surface area contributed by atoms with E-state index in [-0.39, 0.29) is 11.9 Å². The first-order chi connectivity index (χ1) is 10.1. The second-order valence-electron chi connectivity index (χ2n) is 4.88. The largest absolute Gasteiger partial charge is 0.353 e. The Morgan fingerprint density at radius 3 is 2.67 bits per heavy atom. The number of allylic oxidation sites excluding steroid dienone is 3. The van der Waals surface area contributed by atoms with Gasteiger partial charge in [-0.2, -0.15) is 0 Å². The number of aliphatic imine (C=N–C) groups is 1. The minimum absolute atomic E-state index is 0.149. The molecule has 1 aromatic rings. The van der Waals surface area contributed by atoms with Gasteiger partial charge in [-0.3, -0.25) is 5.32 Å². The minimum atomic E-state index is -0.212. The van der Waals surface area contributed by atoms with Crippen LogP contribution in [0.5, 0.6) is 0 Å². The topological polar surface area (TPSA) is 27.6 Å². The van der Waals surface area contributed by atoms with Gasteiger partial charge in [0.1, 0.15) is 5.82 Å². The maximum absolute atomic E-state index is 12.9. The lowest BCUT2D eigenvalue weighted by molar-refractivity contribution is 0.419. The molecular weight excluding hydrogens is 265 g/mol. The Labute approximate surface area is 126 Å². The van der Waals surface area contributed by atoms with Gasteiger partial charge in [-0.05, 0) is 37.1 Å². The molecule has 1 N–H and O–H groups in total. The first-order valence-corrected chi connectivity index (χ1v) is 7.11. The van der Waals surface area contributed by atoms with Crippen molar-refractivity contribution >= 4 is 6.34 Å². The van der Waals surface area contributed by atoms with Crippen molar-refractivity contribution in [1.82, 2.24) is 10.2 Å². The third-order valence-corrected chi connectivity index (χ3v) is 3.11. The van der Waals surface area contributed by atoms with Gasteiger partial charge in [0.05, 0.1) is 13.0 Å². The van der Waals surface area contributed by atoms with Gasteiger partial charge in [0.2, 0.25) is 0 Å². The van der Waals surface area contributed by atoms with Crippen molar-refractivity contribution in [3.8, 4) is 0 Å². The van der Waals surface area contributed by atoms with Gasteiger partial charge in [-0.1, -0.05) is 31.7 Å². The SMILES string of the molecule is C=C/C=C(\CC)N=CN(C)CNC(C)c1ccc(F)cc1. The van der Waals surface area contributed by atoms with Crippen molar-refractivity contribution in [2.75, 3.05) is 13.7 Å². The van der Waals surface area contributed by atoms with Crippen LogP contribution in [0.4, 0.5) is 4.39 Å². The van der Waals surface area contributed by atoms with Crippen LogP contribution in [0.3, 0.4) is 0 Å². The van der Waals surface area contributed by atoms with Crippen LogP contribution in [0.1, 0.15) is 31.9 Å². The number of benzene rings is 1. The smallest absolute Gasteiger partial charge is 0.123 e. The van der Waals surface area contributed by atoms with Crippen LogP contribution in [0.15, 0.2) is 53.7 Å². The van der Waals surface area contributed by atoms with E-state index in [0.717, 1.165) is 17.7 Å². The minimum Gasteiger partial charge on any atom is -0.353 e. The van der Waals surface area contributed by atoms with E-state index >= 15 is 0 Å². The molecule has 1 atom stereocenters. The van der Waals surface area contributed by atoms with E-state index < -0.39 is 0 Å². The average Bonchev–Trinajstić information content (AvgIpc) is 2.49. The van der Waals surface area contributed by atoms with Gasteiger partial charge in [0.25, 0.3) is 0 Å². The van der Waals surface area contributed by atoms with E-state index in [0.29, 0.717) is 6.67 Å². The maximum Gasteiger partial charge on any atom is 0.123 e. The zero-order chi connectivity index (χ0) is 15.7. The van der Waals surface area contributed by atoms with E-state index in [4.69, 9.17) is 0 Å². The summed E-state index contributed by atoms with van der Waals surface area (Å²) in [5.74, 6) is -0.212. The summed E-state index contributed by atoms with van der Waals surface area (Å²) in [6, 6.07) is 6.70. The van der Waals surface area contributed by atoms with Gasteiger partial charge >= 0.3 is 0 Å². The van der Waals surface area contributed by atoms with E-state index in [1.165, 1.54) is 12.1 Å². The number of rotatable bonds is 8. The molecular formula is C17H24FN3. The zero-order valence-corrected chi connectivity index (χ0v) is 13.0. The number of hydrogen-bond donors (Lipinski definition) is 1. The number of hydrogen-bond acceptors (Lipinski definition) is 2. The molecule has 0 aliphatic carbocycles. The summed E-state index contributed by atoms with van der Waals surface area (Å²) in [7, 11) is 1.95. The molecule has 0 aliphatic heterocycles. The van der Waals surface area contributed by atoms with Gasteiger partial charge < -0.3 is 4.90 Å². The molecule has 0 spiro atoms. The Kier molecular flexibility index (Phi) is 7.40. The molecule has 0 amide bonds. The van der Waals surface area contributed by atoms with E-state index in [2.05, 4.69) is 23.8 Å². The fraction of sp³-hybridized carbons (Fsp3) is 0.353. The summed E-state index contributed by atoms with van der Waals surface area (Å²) in [5, 5.41) is 3.36. The summed E-state index contributed by atoms with van der Waals surface area (Å²) in [6.45, 7) is 8.44. The standard InChI is InChI=1S/C17H24FN3/c1-5-7-17(6-2)20-13-21(4)12-19-14(3)15-8-10-16(18)11-9-15/h5,7-11,13-14,19H,1,6,12H2,2-4H3/b17-7+,20-13?. The lowest BCUT2D eigenvalue weighted by Gasteiger charge is -2.19. The molecule has 1 rings (SSSR count). The highest BCUT2D eigenvalue weighted by molar-refractivity contribution is 5.56. The molecule has 0 bridgehead atoms. The lowest BCUT2D eigenvalue weighted by atomic mass is 10.1. The Balaban J connectivity index is 2.47. The molecule has 114 valence electrons. The molecule has 0 fully saturated rings. The summed E-state index contributed by atoms with van der Waals surface area (Å²) >= 11 is 0. The Hall–Kier alpha value is -1.94. The van der Waals surface area contributed by atoms with E-state index in [1.807, 2.05) is 24.9 Å². The van der Waals surface area contributed by atoms with Crippen molar-refractivity contribution in [1.29, 1.82) is 0 Å². The Morgan fingerprint density at radius 1 is 1.43 bits per heavy atom. The molecule has 0 heterocycles. The summed E-state index contributed by atoms with van der Waals surface area (Å²) < 4.78 is 12.9. The summed E-state index contributed by atoms with van der Waals surface area (Å²) in [4.78, 5) is 6.36. The van der Waals surface area contributed by atoms with Crippen molar-refractivity contribution in [3.05, 3.63) is 60.1 Å². The molecule has 0 saturated heterocycles. The van der Waals surface area contributed by atoms with Crippen LogP contribution in [-0.2, 0) is 0 Å². The van der Waals surface area contributed by atoms with Crippen LogP contribution in [-0.4, -0.2) is 25.0 Å². The van der Waals surface area contributed by atoms with Crippen LogP contribution < -0.4 is 5.32 Å². The third-order valence-electron chi connectivity index (χ3n) is 3.11. The third kappa shape index (κ3) is 6.36. The molecule has 4 heteroatoms. The second-order valence-corrected chi connectivity index (χ2v) is 4.88. The summed E-state index contributed by atoms with van der Waals surface area (Å²) in [5.41, 5.74) is 2.05. The maximum atomic E-state index is 12.9. The lowest BCUT2D eigenvalue weighted by Crippen LogP contribution is -2.32. The summed E-state index contributed by atoms with van der Waals surface area (Å²) in [6.07, 6.45) is 6.31. The highest BCUT2D eigenvalue weighted by Gasteiger charge is 2.05. The second kappa shape index (κ2) is 9.08. The predicted molar refractivity (Wildman–Crippen MR) is 87.6 cm³/mol.